The van der Waals surface area contributed by atoms with Gasteiger partial charge in [0.2, 0.25) is 35.4 Å². The number of unbranched alkanes of at least 4 members (excludes halogenated alkanes) is 3. The van der Waals surface area contributed by atoms with Crippen LogP contribution in [-0.2, 0) is 112 Å². The highest BCUT2D eigenvalue weighted by Gasteiger charge is 2.50. The minimum atomic E-state index is -5.24. The summed E-state index contributed by atoms with van der Waals surface area (Å²) in [7, 11) is -18.0. The Hall–Kier alpha value is -3.34. The minimum Gasteiger partial charge on any atom is -0.394 e. The maximum Gasteiger partial charge on any atom is 0.472 e. The van der Waals surface area contributed by atoms with Crippen LogP contribution in [0.5, 0.6) is 0 Å². The molecule has 6 aliphatic rings. The molecule has 43 nitrogen and oxygen atoms in total. The Kier molecular flexibility index (Phi) is 35.2. The smallest absolute Gasteiger partial charge is 0.394 e. The predicted molar refractivity (Wildman–Crippen MR) is 342 cm³/mol. The zero-order valence-corrected chi connectivity index (χ0v) is 60.9. The summed E-state index contributed by atoms with van der Waals surface area (Å²) in [6.45, 7) is -2.45. The standard InChI is InChI=1S/C56H100N6O37P4/c1-30(66)57-45-51(75)48(72)39(24-63)94-54(45)88-15-9-6-12-42(69)60-21-36(97-101(80,81)87-5)18-34(60)28-92-102(82,83)99-38-20-35(62(23-38)44(71)14-8-11-17-90-56-47(59-32(3)68)53(77)50(74)41(26-65)96-56)29-93-103(84,85)98-37-19-33(27-91-100(78,79)86-4)61(22-37)43(70)13-7-10-16-89-55-46(58-31(2)67)52(76)49(73)40(25-64)95-55/h33-41,45-56,63-65,72-77H,6-29H2,1-5H3,(H,57,66)(H,58,67)(H,59,68)(H,78,79)(H,80,81)(H,82,83)(H,84,85)/t33-,34-,35-,36+,37+,38+,39?,40?,41?,45?,46?,47?,48?,49?,50?,51?,52?,53?,54?,55?,56?/m0/s1. The number of amides is 6. The molecule has 0 bridgehead atoms. The van der Waals surface area contributed by atoms with Crippen molar-refractivity contribution in [3.8, 4) is 0 Å². The van der Waals surface area contributed by atoms with Gasteiger partial charge in [-0.15, -0.1) is 0 Å². The third-order valence-electron chi connectivity index (χ3n) is 17.6. The number of aliphatic hydroxyl groups excluding tert-OH is 9. The molecule has 0 aromatic rings. The fraction of sp³-hybridized carbons (Fsp3) is 0.893. The molecule has 0 spiro atoms. The lowest BCUT2D eigenvalue weighted by Gasteiger charge is -2.42. The van der Waals surface area contributed by atoms with Gasteiger partial charge in [0.05, 0.1) is 76.1 Å². The van der Waals surface area contributed by atoms with E-state index < -0.39 is 248 Å². The van der Waals surface area contributed by atoms with Crippen molar-refractivity contribution in [2.45, 2.75) is 226 Å². The summed E-state index contributed by atoms with van der Waals surface area (Å²) < 4.78 is 128. The van der Waals surface area contributed by atoms with Crippen LogP contribution in [0.1, 0.15) is 97.8 Å². The molecule has 16 N–H and O–H groups in total. The van der Waals surface area contributed by atoms with Crippen molar-refractivity contribution in [1.29, 1.82) is 0 Å². The number of nitrogens with one attached hydrogen (secondary N) is 3. The number of carbonyl (C=O) groups is 6. The van der Waals surface area contributed by atoms with Crippen molar-refractivity contribution in [3.05, 3.63) is 0 Å². The molecule has 596 valence electrons. The van der Waals surface area contributed by atoms with Crippen molar-refractivity contribution in [2.24, 2.45) is 0 Å². The first-order chi connectivity index (χ1) is 48.4. The van der Waals surface area contributed by atoms with Gasteiger partial charge in [-0.3, -0.25) is 65.0 Å². The second-order valence-corrected chi connectivity index (χ2v) is 31.3. The van der Waals surface area contributed by atoms with Gasteiger partial charge in [0.25, 0.3) is 0 Å². The molecule has 25 atom stereocenters. The highest BCUT2D eigenvalue weighted by molar-refractivity contribution is 7.48. The van der Waals surface area contributed by atoms with Crippen molar-refractivity contribution >= 4 is 66.7 Å². The zero-order chi connectivity index (χ0) is 76.3. The Balaban J connectivity index is 1.10. The summed E-state index contributed by atoms with van der Waals surface area (Å²) in [5, 5.41) is 99.3. The summed E-state index contributed by atoms with van der Waals surface area (Å²) in [4.78, 5) is 124. The van der Waals surface area contributed by atoms with E-state index in [0.717, 1.165) is 39.9 Å². The molecular formula is C56H100N6O37P4. The Morgan fingerprint density at radius 2 is 0.670 bits per heavy atom. The van der Waals surface area contributed by atoms with E-state index in [-0.39, 0.29) is 103 Å². The molecule has 103 heavy (non-hydrogen) atoms. The van der Waals surface area contributed by atoms with E-state index in [1.165, 1.54) is 9.80 Å². The van der Waals surface area contributed by atoms with E-state index in [1.807, 2.05) is 0 Å². The molecule has 6 amide bonds. The molecule has 6 aliphatic heterocycles. The van der Waals surface area contributed by atoms with Crippen molar-refractivity contribution in [2.75, 3.05) is 93.3 Å². The third kappa shape index (κ3) is 26.7. The maximum absolute atomic E-state index is 14.2. The van der Waals surface area contributed by atoms with Gasteiger partial charge < -0.3 is 125 Å². The monoisotopic (exact) mass is 1570 g/mol. The van der Waals surface area contributed by atoms with Crippen molar-refractivity contribution < 1.29 is 177 Å². The number of nitrogens with zero attached hydrogens (tertiary/aromatic N) is 3. The molecule has 0 aliphatic carbocycles. The SMILES string of the molecule is COP(=O)(O)OC[C@@H]1C[C@@H](OP(=O)(O)OC[C@@H]2C[C@@H](OP(=O)(O)OC[C@@H]3C[C@@H](OP(=O)(O)OC)CN3C(=O)CCCCOC3OC(CO)C(O)C(O)C3NC(C)=O)CN2C(=O)CCCCOC2OC(CO)C(O)C(O)C2NC(C)=O)CN1C(=O)CCCCOC1OC(CO)C(O)C(O)C1NC(C)=O. The maximum atomic E-state index is 14.2. The first-order valence-electron chi connectivity index (χ1n) is 33.3. The Morgan fingerprint density at radius 3 is 0.922 bits per heavy atom. The predicted octanol–water partition coefficient (Wildman–Crippen LogP) is -4.92. The molecule has 6 heterocycles. The number of hydrogen-bond donors (Lipinski definition) is 16. The highest BCUT2D eigenvalue weighted by atomic mass is 31.2. The van der Waals surface area contributed by atoms with Crippen LogP contribution in [-0.4, -0.2) is 337 Å². The molecule has 6 fully saturated rings. The zero-order valence-electron chi connectivity index (χ0n) is 57.3. The number of phosphoric ester groups is 4. The summed E-state index contributed by atoms with van der Waals surface area (Å²) in [6, 6.07) is -7.14. The minimum absolute atomic E-state index is 0.0530. The molecular weight excluding hydrogens is 1470 g/mol. The van der Waals surface area contributed by atoms with Crippen molar-refractivity contribution in [3.63, 3.8) is 0 Å². The van der Waals surface area contributed by atoms with E-state index in [2.05, 4.69) is 25.0 Å². The number of rotatable bonds is 41. The largest absolute Gasteiger partial charge is 0.472 e. The Bertz CT molecular complexity index is 2960. The lowest BCUT2D eigenvalue weighted by Crippen LogP contribution is -2.64. The number of hydrogen-bond acceptors (Lipinski definition) is 33. The van der Waals surface area contributed by atoms with Gasteiger partial charge in [0.1, 0.15) is 73.1 Å². The molecule has 0 aromatic heterocycles. The van der Waals surface area contributed by atoms with Crippen molar-refractivity contribution in [1.82, 2.24) is 30.7 Å². The summed E-state index contributed by atoms with van der Waals surface area (Å²) in [5.41, 5.74) is 0. The van der Waals surface area contributed by atoms with Crippen LogP contribution in [0.3, 0.4) is 0 Å². The van der Waals surface area contributed by atoms with Crippen LogP contribution >= 0.6 is 31.3 Å². The number of aliphatic hydroxyl groups is 9. The number of likely N-dealkylation sites (tertiary alicyclic amines) is 3. The average Bonchev–Trinajstić information content (AvgIpc) is 1.75. The van der Waals surface area contributed by atoms with Gasteiger partial charge in [-0.25, -0.2) is 18.3 Å². The number of phosphoric acid groups is 4. The first-order valence-corrected chi connectivity index (χ1v) is 39.3. The van der Waals surface area contributed by atoms with Crippen LogP contribution in [0.4, 0.5) is 0 Å². The number of ether oxygens (including phenoxy) is 6. The van der Waals surface area contributed by atoms with Crippen LogP contribution in [0.15, 0.2) is 0 Å². The van der Waals surface area contributed by atoms with Gasteiger partial charge in [0, 0.05) is 93.7 Å². The van der Waals surface area contributed by atoms with Gasteiger partial charge in [0.15, 0.2) is 18.9 Å². The normalized spacial score (nSPS) is 34.3. The third-order valence-corrected chi connectivity index (χ3v) is 21.7. The molecule has 0 aromatic carbocycles. The topological polar surface area (TPSA) is 609 Å². The van der Waals surface area contributed by atoms with Gasteiger partial charge in [-0.2, -0.15) is 0 Å². The van der Waals surface area contributed by atoms with E-state index >= 15 is 0 Å². The van der Waals surface area contributed by atoms with Crippen LogP contribution in [0.25, 0.3) is 0 Å². The quantitative estimate of drug-likeness (QED) is 0.0201. The van der Waals surface area contributed by atoms with Crippen LogP contribution < -0.4 is 16.0 Å². The molecule has 6 rings (SSSR count). The molecule has 19 unspecified atom stereocenters. The van der Waals surface area contributed by atoms with E-state index in [4.69, 9.17) is 55.6 Å². The molecule has 47 heteroatoms. The van der Waals surface area contributed by atoms with Crippen LogP contribution in [0, 0.1) is 0 Å². The number of carbonyl (C=O) groups excluding carboxylic acids is 6. The second-order valence-electron chi connectivity index (χ2n) is 25.4. The Morgan fingerprint density at radius 1 is 0.408 bits per heavy atom. The first kappa shape index (κ1) is 88.6. The highest BCUT2D eigenvalue weighted by Crippen LogP contribution is 2.51. The lowest BCUT2D eigenvalue weighted by molar-refractivity contribution is -0.270. The molecule has 0 saturated carbocycles. The lowest BCUT2D eigenvalue weighted by atomic mass is 9.97. The second kappa shape index (κ2) is 40.9. The van der Waals surface area contributed by atoms with E-state index in [9.17, 15) is 113 Å². The van der Waals surface area contributed by atoms with Gasteiger partial charge >= 0.3 is 31.3 Å². The Labute approximate surface area is 592 Å². The van der Waals surface area contributed by atoms with E-state index in [1.54, 1.807) is 0 Å². The van der Waals surface area contributed by atoms with Crippen LogP contribution in [0.2, 0.25) is 0 Å². The summed E-state index contributed by atoms with van der Waals surface area (Å²) >= 11 is 0. The summed E-state index contributed by atoms with van der Waals surface area (Å²) in [6.07, 6.45) is -22.1. The fourth-order valence-corrected chi connectivity index (χ4v) is 15.5. The molecule has 6 saturated heterocycles. The average molecular weight is 1570 g/mol. The fourth-order valence-electron chi connectivity index (χ4n) is 12.5. The van der Waals surface area contributed by atoms with Gasteiger partial charge in [-0.05, 0) is 57.8 Å². The van der Waals surface area contributed by atoms with Gasteiger partial charge in [-0.1, -0.05) is 0 Å². The van der Waals surface area contributed by atoms with E-state index in [0.29, 0.717) is 0 Å². The summed E-state index contributed by atoms with van der Waals surface area (Å²) in [5.74, 6) is -3.61. The molecule has 0 radical (unpaired) electrons.